The van der Waals surface area contributed by atoms with Crippen LogP contribution in [0.5, 0.6) is 0 Å². The van der Waals surface area contributed by atoms with E-state index in [0.29, 0.717) is 0 Å². The van der Waals surface area contributed by atoms with Crippen LogP contribution in [0.4, 0.5) is 5.69 Å². The second-order valence-corrected chi connectivity index (χ2v) is 5.00. The SMILES string of the molecule is O=C(O)c1cc(Cl)c(NC(=O)c2cnc(Cl)cn2)c(Cl)c1. The van der Waals surface area contributed by atoms with E-state index in [1.165, 1.54) is 24.5 Å². The Bertz CT molecular complexity index is 696. The van der Waals surface area contributed by atoms with Gasteiger partial charge in [0.1, 0.15) is 10.8 Å². The minimum Gasteiger partial charge on any atom is -0.478 e. The van der Waals surface area contributed by atoms with Crippen molar-refractivity contribution in [3.8, 4) is 0 Å². The van der Waals surface area contributed by atoms with Gasteiger partial charge in [0.2, 0.25) is 0 Å². The normalized spacial score (nSPS) is 10.2. The number of carbonyl (C=O) groups excluding carboxylic acids is 1. The van der Waals surface area contributed by atoms with E-state index in [-0.39, 0.29) is 32.1 Å². The van der Waals surface area contributed by atoms with Crippen LogP contribution in [0.15, 0.2) is 24.5 Å². The van der Waals surface area contributed by atoms with Crippen LogP contribution in [0.1, 0.15) is 20.8 Å². The number of halogens is 3. The van der Waals surface area contributed by atoms with E-state index in [1.807, 2.05) is 0 Å². The van der Waals surface area contributed by atoms with Crippen molar-refractivity contribution in [3.63, 3.8) is 0 Å². The van der Waals surface area contributed by atoms with Crippen molar-refractivity contribution in [1.82, 2.24) is 9.97 Å². The van der Waals surface area contributed by atoms with Gasteiger partial charge in [0, 0.05) is 0 Å². The number of nitrogens with zero attached hydrogens (tertiary/aromatic N) is 2. The van der Waals surface area contributed by atoms with Crippen LogP contribution < -0.4 is 5.32 Å². The summed E-state index contributed by atoms with van der Waals surface area (Å²) in [5.74, 6) is -1.79. The Morgan fingerprint density at radius 3 is 2.14 bits per heavy atom. The summed E-state index contributed by atoms with van der Waals surface area (Å²) in [5.41, 5.74) is 0.00760. The molecule has 0 fully saturated rings. The van der Waals surface area contributed by atoms with Crippen LogP contribution in [-0.4, -0.2) is 27.0 Å². The summed E-state index contributed by atoms with van der Waals surface area (Å²) < 4.78 is 0. The summed E-state index contributed by atoms with van der Waals surface area (Å²) >= 11 is 17.4. The van der Waals surface area contributed by atoms with Gasteiger partial charge in [-0.2, -0.15) is 0 Å². The largest absolute Gasteiger partial charge is 0.478 e. The highest BCUT2D eigenvalue weighted by Crippen LogP contribution is 2.32. The maximum Gasteiger partial charge on any atom is 0.335 e. The molecular weight excluding hydrogens is 341 g/mol. The lowest BCUT2D eigenvalue weighted by atomic mass is 10.2. The fraction of sp³-hybridized carbons (Fsp3) is 0. The maximum absolute atomic E-state index is 12.0. The van der Waals surface area contributed by atoms with Crippen molar-refractivity contribution in [1.29, 1.82) is 0 Å². The lowest BCUT2D eigenvalue weighted by molar-refractivity contribution is 0.0696. The van der Waals surface area contributed by atoms with Crippen LogP contribution in [-0.2, 0) is 0 Å². The third-order valence-electron chi connectivity index (χ3n) is 2.38. The van der Waals surface area contributed by atoms with Crippen LogP contribution in [0.2, 0.25) is 15.2 Å². The molecule has 9 heteroatoms. The van der Waals surface area contributed by atoms with E-state index >= 15 is 0 Å². The molecule has 1 heterocycles. The molecule has 0 saturated carbocycles. The molecule has 0 saturated heterocycles. The third kappa shape index (κ3) is 3.60. The summed E-state index contributed by atoms with van der Waals surface area (Å²) in [6.45, 7) is 0. The zero-order valence-corrected chi connectivity index (χ0v) is 12.4. The first-order chi connectivity index (χ1) is 9.88. The monoisotopic (exact) mass is 345 g/mol. The lowest BCUT2D eigenvalue weighted by Gasteiger charge is -2.09. The summed E-state index contributed by atoms with van der Waals surface area (Å²) in [7, 11) is 0. The number of carbonyl (C=O) groups is 2. The molecule has 1 amide bonds. The molecule has 21 heavy (non-hydrogen) atoms. The van der Waals surface area contributed by atoms with Gasteiger partial charge in [-0.1, -0.05) is 34.8 Å². The van der Waals surface area contributed by atoms with Crippen LogP contribution in [0, 0.1) is 0 Å². The molecule has 0 aliphatic rings. The molecule has 0 aliphatic heterocycles. The molecule has 0 bridgehead atoms. The van der Waals surface area contributed by atoms with Crippen molar-refractivity contribution >= 4 is 52.4 Å². The summed E-state index contributed by atoms with van der Waals surface area (Å²) in [6, 6.07) is 2.36. The first kappa shape index (κ1) is 15.5. The van der Waals surface area contributed by atoms with Gasteiger partial charge >= 0.3 is 5.97 Å². The Balaban J connectivity index is 2.29. The number of carboxylic acid groups (broad SMARTS) is 1. The van der Waals surface area contributed by atoms with E-state index in [0.717, 1.165) is 0 Å². The molecule has 2 aromatic rings. The highest BCUT2D eigenvalue weighted by atomic mass is 35.5. The Morgan fingerprint density at radius 1 is 1.05 bits per heavy atom. The first-order valence-corrected chi connectivity index (χ1v) is 6.53. The molecule has 0 radical (unpaired) electrons. The fourth-order valence-corrected chi connectivity index (χ4v) is 2.10. The minimum atomic E-state index is -1.18. The molecule has 0 aliphatic carbocycles. The minimum absolute atomic E-state index is 0.00447. The lowest BCUT2D eigenvalue weighted by Crippen LogP contribution is -2.15. The average molecular weight is 347 g/mol. The van der Waals surface area contributed by atoms with E-state index in [4.69, 9.17) is 39.9 Å². The molecule has 2 rings (SSSR count). The van der Waals surface area contributed by atoms with Gasteiger partial charge in [0.25, 0.3) is 5.91 Å². The molecule has 0 unspecified atom stereocenters. The molecule has 1 aromatic carbocycles. The van der Waals surface area contributed by atoms with Crippen LogP contribution in [0.25, 0.3) is 0 Å². The predicted octanol–water partition coefficient (Wildman–Crippen LogP) is 3.39. The second kappa shape index (κ2) is 6.26. The van der Waals surface area contributed by atoms with Crippen molar-refractivity contribution in [3.05, 3.63) is 51.0 Å². The highest BCUT2D eigenvalue weighted by molar-refractivity contribution is 6.40. The number of hydrogen-bond acceptors (Lipinski definition) is 4. The number of aromatic nitrogens is 2. The number of hydrogen-bond donors (Lipinski definition) is 2. The number of aromatic carboxylic acids is 1. The quantitative estimate of drug-likeness (QED) is 0.888. The van der Waals surface area contributed by atoms with Crippen LogP contribution >= 0.6 is 34.8 Å². The zero-order chi connectivity index (χ0) is 15.6. The molecule has 2 N–H and O–H groups in total. The summed E-state index contributed by atoms with van der Waals surface area (Å²) in [4.78, 5) is 30.3. The van der Waals surface area contributed by atoms with Crippen molar-refractivity contribution in [2.24, 2.45) is 0 Å². The maximum atomic E-state index is 12.0. The smallest absolute Gasteiger partial charge is 0.335 e. The summed E-state index contributed by atoms with van der Waals surface area (Å²) in [5, 5.41) is 11.5. The molecule has 1 aromatic heterocycles. The van der Waals surface area contributed by atoms with Gasteiger partial charge in [0.05, 0.1) is 33.7 Å². The van der Waals surface area contributed by atoms with Gasteiger partial charge in [-0.15, -0.1) is 0 Å². The number of anilines is 1. The molecule has 108 valence electrons. The summed E-state index contributed by atoms with van der Waals surface area (Å²) in [6.07, 6.45) is 2.40. The van der Waals surface area contributed by atoms with Gasteiger partial charge < -0.3 is 10.4 Å². The Kier molecular flexibility index (Phi) is 4.62. The third-order valence-corrected chi connectivity index (χ3v) is 3.17. The predicted molar refractivity (Wildman–Crippen MR) is 78.4 cm³/mol. The van der Waals surface area contributed by atoms with E-state index in [9.17, 15) is 9.59 Å². The van der Waals surface area contributed by atoms with Gasteiger partial charge in [-0.3, -0.25) is 4.79 Å². The topological polar surface area (TPSA) is 92.2 Å². The standard InChI is InChI=1S/C12H6Cl3N3O3/c13-6-1-5(12(20)21)2-7(14)10(6)18-11(19)8-3-17-9(15)4-16-8/h1-4H,(H,18,19)(H,20,21). The Hall–Kier alpha value is -1.89. The Morgan fingerprint density at radius 2 is 1.67 bits per heavy atom. The van der Waals surface area contributed by atoms with Gasteiger partial charge in [-0.05, 0) is 12.1 Å². The number of nitrogens with one attached hydrogen (secondary N) is 1. The Labute approximate surface area is 133 Å². The van der Waals surface area contributed by atoms with Crippen molar-refractivity contribution < 1.29 is 14.7 Å². The van der Waals surface area contributed by atoms with E-state index in [1.54, 1.807) is 0 Å². The molecule has 0 spiro atoms. The fourth-order valence-electron chi connectivity index (χ4n) is 1.42. The van der Waals surface area contributed by atoms with Crippen molar-refractivity contribution in [2.45, 2.75) is 0 Å². The molecular formula is C12H6Cl3N3O3. The second-order valence-electron chi connectivity index (χ2n) is 3.80. The highest BCUT2D eigenvalue weighted by Gasteiger charge is 2.16. The van der Waals surface area contributed by atoms with Crippen molar-refractivity contribution in [2.75, 3.05) is 5.32 Å². The van der Waals surface area contributed by atoms with Gasteiger partial charge in [0.15, 0.2) is 0 Å². The number of carboxylic acids is 1. The average Bonchev–Trinajstić information content (AvgIpc) is 2.43. The molecule has 0 atom stereocenters. The van der Waals surface area contributed by atoms with Gasteiger partial charge in [-0.25, -0.2) is 14.8 Å². The number of amides is 1. The number of rotatable bonds is 3. The zero-order valence-electron chi connectivity index (χ0n) is 10.1. The molecule has 6 nitrogen and oxygen atoms in total. The van der Waals surface area contributed by atoms with E-state index < -0.39 is 11.9 Å². The number of benzene rings is 1. The van der Waals surface area contributed by atoms with Crippen LogP contribution in [0.3, 0.4) is 0 Å². The van der Waals surface area contributed by atoms with E-state index in [2.05, 4.69) is 15.3 Å². The first-order valence-electron chi connectivity index (χ1n) is 5.39.